The molecule has 0 aliphatic heterocycles. The van der Waals surface area contributed by atoms with Crippen LogP contribution in [0.1, 0.15) is 97.5 Å². The Bertz CT molecular complexity index is 918. The lowest BCUT2D eigenvalue weighted by Gasteiger charge is -2.28. The number of carboxylic acid groups (broad SMARTS) is 1. The summed E-state index contributed by atoms with van der Waals surface area (Å²) in [5, 5.41) is 9.67. The second-order valence-electron chi connectivity index (χ2n) is 9.51. The van der Waals surface area contributed by atoms with Crippen LogP contribution in [0.15, 0.2) is 18.2 Å². The number of carboxylic acids is 1. The largest absolute Gasteiger partial charge is 0.508 e. The molecule has 0 fully saturated rings. The van der Waals surface area contributed by atoms with Gasteiger partial charge in [0.15, 0.2) is 11.5 Å². The zero-order valence-electron chi connectivity index (χ0n) is 23.2. The van der Waals surface area contributed by atoms with Gasteiger partial charge >= 0.3 is 24.1 Å². The number of carbonyl (C=O) groups is 4. The van der Waals surface area contributed by atoms with Crippen LogP contribution in [0.4, 0.5) is 4.79 Å². The van der Waals surface area contributed by atoms with Gasteiger partial charge in [-0.05, 0) is 49.8 Å². The molecule has 1 aromatic carbocycles. The Balaban J connectivity index is 3.24. The number of hydrogen-bond donors (Lipinski definition) is 2. The fourth-order valence-electron chi connectivity index (χ4n) is 3.90. The van der Waals surface area contributed by atoms with Crippen LogP contribution in [0.25, 0.3) is 0 Å². The van der Waals surface area contributed by atoms with E-state index in [1.807, 2.05) is 20.8 Å². The van der Waals surface area contributed by atoms with Crippen LogP contribution in [0.3, 0.4) is 0 Å². The van der Waals surface area contributed by atoms with Crippen molar-refractivity contribution in [3.63, 3.8) is 0 Å². The molecule has 0 aromatic heterocycles. The predicted molar refractivity (Wildman–Crippen MR) is 141 cm³/mol. The molecule has 10 heteroatoms. The van der Waals surface area contributed by atoms with E-state index < -0.39 is 41.9 Å². The molecule has 0 bridgehead atoms. The molecule has 0 aliphatic rings. The Morgan fingerprint density at radius 3 is 2.00 bits per heavy atom. The maximum Gasteiger partial charge on any atom is 0.508 e. The fourth-order valence-corrected chi connectivity index (χ4v) is 3.90. The van der Waals surface area contributed by atoms with Gasteiger partial charge in [-0.3, -0.25) is 14.4 Å². The molecule has 38 heavy (non-hydrogen) atoms. The van der Waals surface area contributed by atoms with Gasteiger partial charge in [0.05, 0.1) is 6.61 Å². The van der Waals surface area contributed by atoms with Crippen molar-refractivity contribution in [2.45, 2.75) is 104 Å². The van der Waals surface area contributed by atoms with Crippen molar-refractivity contribution < 1.29 is 43.2 Å². The van der Waals surface area contributed by atoms with Crippen molar-refractivity contribution in [1.29, 1.82) is 0 Å². The van der Waals surface area contributed by atoms with Gasteiger partial charge in [0.25, 0.3) is 0 Å². The molecule has 0 radical (unpaired) electrons. The third-order valence-electron chi connectivity index (χ3n) is 6.01. The minimum absolute atomic E-state index is 0.00282. The van der Waals surface area contributed by atoms with E-state index in [1.54, 1.807) is 19.9 Å². The Kier molecular flexibility index (Phi) is 15.0. The molecule has 3 unspecified atom stereocenters. The number of carbonyl (C=O) groups excluding carboxylic acids is 3. The zero-order chi connectivity index (χ0) is 28.7. The third kappa shape index (κ3) is 11.5. The first-order valence-corrected chi connectivity index (χ1v) is 13.4. The first-order valence-electron chi connectivity index (χ1n) is 13.4. The van der Waals surface area contributed by atoms with E-state index >= 15 is 0 Å². The van der Waals surface area contributed by atoms with Crippen LogP contribution < -0.4 is 15.2 Å². The van der Waals surface area contributed by atoms with Gasteiger partial charge in [-0.2, -0.15) is 0 Å². The molecule has 10 nitrogen and oxygen atoms in total. The molecular weight excluding hydrogens is 494 g/mol. The van der Waals surface area contributed by atoms with Crippen LogP contribution in [0.2, 0.25) is 0 Å². The smallest absolute Gasteiger partial charge is 0.480 e. The summed E-state index contributed by atoms with van der Waals surface area (Å²) in [5.41, 5.74) is 6.47. The van der Waals surface area contributed by atoms with Crippen molar-refractivity contribution in [2.24, 2.45) is 11.7 Å². The molecule has 0 aliphatic carbocycles. The van der Waals surface area contributed by atoms with Gasteiger partial charge in [-0.25, -0.2) is 4.79 Å². The molecule has 214 valence electrons. The van der Waals surface area contributed by atoms with Gasteiger partial charge in [0, 0.05) is 18.8 Å². The van der Waals surface area contributed by atoms with E-state index in [0.717, 1.165) is 19.3 Å². The molecule has 3 N–H and O–H groups in total. The van der Waals surface area contributed by atoms with Gasteiger partial charge in [0.1, 0.15) is 12.1 Å². The monoisotopic (exact) mass is 537 g/mol. The van der Waals surface area contributed by atoms with Crippen molar-refractivity contribution in [3.05, 3.63) is 23.8 Å². The van der Waals surface area contributed by atoms with Gasteiger partial charge in [0.2, 0.25) is 0 Å². The summed E-state index contributed by atoms with van der Waals surface area (Å²) < 4.78 is 21.4. The van der Waals surface area contributed by atoms with Gasteiger partial charge in [-0.1, -0.05) is 53.0 Å². The lowest BCUT2D eigenvalue weighted by molar-refractivity contribution is -0.139. The number of aliphatic carboxylic acids is 1. The average molecular weight is 538 g/mol. The highest BCUT2D eigenvalue weighted by molar-refractivity contribution is 5.77. The summed E-state index contributed by atoms with van der Waals surface area (Å²) in [5.74, 6) is -3.55. The van der Waals surface area contributed by atoms with Crippen LogP contribution in [0, 0.1) is 5.92 Å². The van der Waals surface area contributed by atoms with Gasteiger partial charge < -0.3 is 29.8 Å². The third-order valence-corrected chi connectivity index (χ3v) is 6.01. The van der Waals surface area contributed by atoms with Crippen molar-refractivity contribution in [2.75, 3.05) is 6.61 Å². The first-order chi connectivity index (χ1) is 18.0. The Labute approximate surface area is 225 Å². The lowest BCUT2D eigenvalue weighted by atomic mass is 9.82. The minimum Gasteiger partial charge on any atom is -0.480 e. The molecule has 0 heterocycles. The maximum absolute atomic E-state index is 12.4. The highest BCUT2D eigenvalue weighted by Gasteiger charge is 2.33. The second kappa shape index (κ2) is 17.4. The molecule has 0 saturated carbocycles. The Hall–Kier alpha value is -3.14. The number of esters is 2. The quantitative estimate of drug-likeness (QED) is 0.196. The molecule has 0 amide bonds. The first kappa shape index (κ1) is 32.9. The number of nitrogens with two attached hydrogens (primary N) is 1. The number of ether oxygens (including phenoxy) is 4. The standard InChI is InChI=1S/C28H43NO9/c1-6-9-12-23(30)37-21-15-14-20(16-22(21)38-24(31)13-10-7-2)25(26(29)27(32)33)18(4)17-35-28(34)36-19(5)11-8-3/h14-16,18-19,25-26H,6-13,17,29H2,1-5H3,(H,32,33)/t18?,19?,25?,26-/m0/s1. The van der Waals surface area contributed by atoms with E-state index in [1.165, 1.54) is 12.1 Å². The number of rotatable bonds is 17. The summed E-state index contributed by atoms with van der Waals surface area (Å²) >= 11 is 0. The Morgan fingerprint density at radius 1 is 0.895 bits per heavy atom. The molecule has 0 saturated heterocycles. The molecule has 0 spiro atoms. The molecular formula is C28H43NO9. The number of unbranched alkanes of at least 4 members (excludes halogenated alkanes) is 2. The zero-order valence-corrected chi connectivity index (χ0v) is 23.2. The highest BCUT2D eigenvalue weighted by atomic mass is 16.7. The van der Waals surface area contributed by atoms with Crippen molar-refractivity contribution in [3.8, 4) is 11.5 Å². The van der Waals surface area contributed by atoms with Crippen molar-refractivity contribution in [1.82, 2.24) is 0 Å². The summed E-state index contributed by atoms with van der Waals surface area (Å²) in [7, 11) is 0. The molecule has 4 atom stereocenters. The fraction of sp³-hybridized carbons (Fsp3) is 0.643. The van der Waals surface area contributed by atoms with Crippen LogP contribution in [-0.2, 0) is 23.9 Å². The minimum atomic E-state index is -1.36. The normalized spacial score (nSPS) is 14.1. The second-order valence-corrected chi connectivity index (χ2v) is 9.51. The summed E-state index contributed by atoms with van der Waals surface area (Å²) in [6, 6.07) is 3.12. The van der Waals surface area contributed by atoms with E-state index in [-0.39, 0.29) is 37.1 Å². The van der Waals surface area contributed by atoms with Crippen LogP contribution in [-0.4, -0.2) is 47.9 Å². The summed E-state index contributed by atoms with van der Waals surface area (Å²) in [6.07, 6.45) is 3.63. The number of benzene rings is 1. The highest BCUT2D eigenvalue weighted by Crippen LogP contribution is 2.36. The lowest BCUT2D eigenvalue weighted by Crippen LogP contribution is -2.40. The van der Waals surface area contributed by atoms with E-state index in [0.29, 0.717) is 24.8 Å². The van der Waals surface area contributed by atoms with E-state index in [4.69, 9.17) is 24.7 Å². The van der Waals surface area contributed by atoms with Gasteiger partial charge in [-0.15, -0.1) is 0 Å². The molecule has 1 aromatic rings. The maximum atomic E-state index is 12.4. The van der Waals surface area contributed by atoms with E-state index in [2.05, 4.69) is 0 Å². The van der Waals surface area contributed by atoms with Crippen LogP contribution in [0.5, 0.6) is 11.5 Å². The SMILES string of the molecule is CCCCC(=O)Oc1ccc(C(C(C)COC(=O)OC(C)CCC)[C@H](N)C(=O)O)cc1OC(=O)CCCC. The van der Waals surface area contributed by atoms with Crippen molar-refractivity contribution >= 4 is 24.1 Å². The predicted octanol–water partition coefficient (Wildman–Crippen LogP) is 5.35. The average Bonchev–Trinajstić information content (AvgIpc) is 2.86. The summed E-state index contributed by atoms with van der Waals surface area (Å²) in [4.78, 5) is 48.6. The van der Waals surface area contributed by atoms with E-state index in [9.17, 15) is 24.3 Å². The number of hydrogen-bond acceptors (Lipinski definition) is 9. The topological polar surface area (TPSA) is 151 Å². The molecule has 1 rings (SSSR count). The Morgan fingerprint density at radius 2 is 1.47 bits per heavy atom. The van der Waals surface area contributed by atoms with Crippen LogP contribution >= 0.6 is 0 Å². The summed E-state index contributed by atoms with van der Waals surface area (Å²) in [6.45, 7) is 9.17.